The fourth-order valence-electron chi connectivity index (χ4n) is 4.13. The number of fused-ring (bicyclic) bond motifs is 1. The summed E-state index contributed by atoms with van der Waals surface area (Å²) in [5, 5.41) is 0. The molecule has 152 valence electrons. The van der Waals surface area contributed by atoms with Gasteiger partial charge in [-0.15, -0.1) is 0 Å². The third-order valence-corrected chi connectivity index (χ3v) is 5.90. The molecule has 1 heteroatoms. The summed E-state index contributed by atoms with van der Waals surface area (Å²) in [5.74, 6) is 0.221. The summed E-state index contributed by atoms with van der Waals surface area (Å²) in [7, 11) is 0. The van der Waals surface area contributed by atoms with Crippen molar-refractivity contribution in [1.82, 2.24) is 0 Å². The van der Waals surface area contributed by atoms with Crippen molar-refractivity contribution in [2.45, 2.75) is 92.4 Å². The maximum atomic E-state index is 13.1. The molecule has 0 N–H and O–H groups in total. The van der Waals surface area contributed by atoms with Gasteiger partial charge in [-0.3, -0.25) is 4.79 Å². The Hall–Kier alpha value is -1.89. The second kappa shape index (κ2) is 7.85. The molecule has 1 aliphatic carbocycles. The van der Waals surface area contributed by atoms with Crippen molar-refractivity contribution < 1.29 is 4.79 Å². The number of carbonyl (C=O) groups excluding carboxylic acids is 1. The molecule has 1 nitrogen and oxygen atoms in total. The van der Waals surface area contributed by atoms with Crippen molar-refractivity contribution in [2.24, 2.45) is 0 Å². The Morgan fingerprint density at radius 2 is 1.46 bits per heavy atom. The number of benzene rings is 2. The first-order valence-electron chi connectivity index (χ1n) is 10.7. The summed E-state index contributed by atoms with van der Waals surface area (Å²) < 4.78 is 0. The van der Waals surface area contributed by atoms with Crippen LogP contribution >= 0.6 is 0 Å². The summed E-state index contributed by atoms with van der Waals surface area (Å²) in [5.41, 5.74) is 8.94. The number of rotatable bonds is 1. The molecule has 0 spiro atoms. The molecule has 2 aromatic rings. The molecule has 3 rings (SSSR count). The van der Waals surface area contributed by atoms with Crippen LogP contribution in [-0.4, -0.2) is 5.78 Å². The summed E-state index contributed by atoms with van der Waals surface area (Å²) in [6.45, 7) is 21.8. The van der Waals surface area contributed by atoms with Gasteiger partial charge < -0.3 is 0 Å². The van der Waals surface area contributed by atoms with Gasteiger partial charge in [-0.25, -0.2) is 0 Å². The number of hydrogen-bond donors (Lipinski definition) is 0. The topological polar surface area (TPSA) is 17.1 Å². The fraction of sp³-hybridized carbons (Fsp3) is 0.519. The molecule has 0 aromatic heterocycles. The van der Waals surface area contributed by atoms with Crippen molar-refractivity contribution in [3.05, 3.63) is 69.3 Å². The highest BCUT2D eigenvalue weighted by molar-refractivity contribution is 5.96. The van der Waals surface area contributed by atoms with Crippen LogP contribution < -0.4 is 0 Å². The van der Waals surface area contributed by atoms with E-state index in [1.54, 1.807) is 0 Å². The van der Waals surface area contributed by atoms with Crippen LogP contribution in [0.3, 0.4) is 0 Å². The maximum absolute atomic E-state index is 13.1. The SMILES string of the molecule is CC.Cc1cccc(C2C(=O)Cc3c2cc(C(C)(C)C)cc3C(C)(C)C)c1C. The van der Waals surface area contributed by atoms with Gasteiger partial charge in [0.05, 0.1) is 5.92 Å². The molecule has 0 radical (unpaired) electrons. The molecule has 1 atom stereocenters. The standard InChI is InChI=1S/C25H32O.C2H6/c1-15-10-9-11-18(16(15)2)23-20-12-17(24(3,4)5)13-21(25(6,7)8)19(20)14-22(23)26;1-2/h9-13,23H,14H2,1-8H3;1-2H3. The molecule has 0 heterocycles. The first kappa shape index (κ1) is 22.4. The lowest BCUT2D eigenvalue weighted by Gasteiger charge is -2.28. The summed E-state index contributed by atoms with van der Waals surface area (Å²) in [6.07, 6.45) is 0.560. The molecule has 0 bridgehead atoms. The predicted octanol–water partition coefficient (Wildman–Crippen LogP) is 7.18. The Kier molecular flexibility index (Phi) is 6.28. The van der Waals surface area contributed by atoms with Gasteiger partial charge in [-0.1, -0.05) is 85.7 Å². The Morgan fingerprint density at radius 1 is 0.857 bits per heavy atom. The summed E-state index contributed by atoms with van der Waals surface area (Å²) >= 11 is 0. The van der Waals surface area contributed by atoms with E-state index in [9.17, 15) is 4.79 Å². The smallest absolute Gasteiger partial charge is 0.149 e. The molecule has 0 amide bonds. The van der Waals surface area contributed by atoms with Crippen LogP contribution in [0.15, 0.2) is 30.3 Å². The zero-order valence-corrected chi connectivity index (χ0v) is 19.6. The molecular weight excluding hydrogens is 340 g/mol. The van der Waals surface area contributed by atoms with Gasteiger partial charge in [0.25, 0.3) is 0 Å². The fourth-order valence-corrected chi connectivity index (χ4v) is 4.13. The first-order chi connectivity index (χ1) is 12.9. The molecule has 2 aromatic carbocycles. The van der Waals surface area contributed by atoms with Gasteiger partial charge in [-0.05, 0) is 63.6 Å². The third-order valence-electron chi connectivity index (χ3n) is 5.90. The zero-order valence-electron chi connectivity index (χ0n) is 19.6. The highest BCUT2D eigenvalue weighted by Gasteiger charge is 2.37. The first-order valence-corrected chi connectivity index (χ1v) is 10.7. The molecule has 28 heavy (non-hydrogen) atoms. The molecular formula is C27H38O. The quantitative estimate of drug-likeness (QED) is 0.513. The normalized spacial score (nSPS) is 16.5. The van der Waals surface area contributed by atoms with E-state index < -0.39 is 0 Å². The van der Waals surface area contributed by atoms with E-state index in [-0.39, 0.29) is 16.7 Å². The molecule has 0 saturated carbocycles. The minimum Gasteiger partial charge on any atom is -0.298 e. The molecule has 0 fully saturated rings. The maximum Gasteiger partial charge on any atom is 0.149 e. The lowest BCUT2D eigenvalue weighted by molar-refractivity contribution is -0.118. The van der Waals surface area contributed by atoms with E-state index >= 15 is 0 Å². The van der Waals surface area contributed by atoms with Gasteiger partial charge >= 0.3 is 0 Å². The van der Waals surface area contributed by atoms with Crippen molar-refractivity contribution >= 4 is 5.78 Å². The van der Waals surface area contributed by atoms with Crippen molar-refractivity contribution in [3.63, 3.8) is 0 Å². The second-order valence-electron chi connectivity index (χ2n) is 9.96. The molecule has 1 unspecified atom stereocenters. The predicted molar refractivity (Wildman–Crippen MR) is 122 cm³/mol. The van der Waals surface area contributed by atoms with Gasteiger partial charge in [-0.2, -0.15) is 0 Å². The van der Waals surface area contributed by atoms with E-state index in [0.29, 0.717) is 12.2 Å². The van der Waals surface area contributed by atoms with Crippen LogP contribution in [0.2, 0.25) is 0 Å². The lowest BCUT2D eigenvalue weighted by Crippen LogP contribution is -2.19. The number of carbonyl (C=O) groups is 1. The number of hydrogen-bond acceptors (Lipinski definition) is 1. The van der Waals surface area contributed by atoms with Gasteiger partial charge in [0, 0.05) is 6.42 Å². The Balaban J connectivity index is 0.00000136. The minimum absolute atomic E-state index is 0.0299. The van der Waals surface area contributed by atoms with Crippen molar-refractivity contribution in [1.29, 1.82) is 0 Å². The van der Waals surface area contributed by atoms with Gasteiger partial charge in [0.15, 0.2) is 0 Å². The van der Waals surface area contributed by atoms with Crippen LogP contribution in [0, 0.1) is 13.8 Å². The summed E-state index contributed by atoms with van der Waals surface area (Å²) in [4.78, 5) is 13.1. The van der Waals surface area contributed by atoms with Crippen LogP contribution in [-0.2, 0) is 22.0 Å². The number of ketones is 1. The third kappa shape index (κ3) is 4.09. The monoisotopic (exact) mass is 378 g/mol. The van der Waals surface area contributed by atoms with Crippen LogP contribution in [0.5, 0.6) is 0 Å². The average molecular weight is 379 g/mol. The van der Waals surface area contributed by atoms with Gasteiger partial charge in [0.2, 0.25) is 0 Å². The van der Waals surface area contributed by atoms with Crippen LogP contribution in [0.4, 0.5) is 0 Å². The van der Waals surface area contributed by atoms with E-state index in [1.165, 1.54) is 38.9 Å². The molecule has 1 aliphatic rings. The van der Waals surface area contributed by atoms with Crippen molar-refractivity contribution in [3.8, 4) is 0 Å². The van der Waals surface area contributed by atoms with Crippen LogP contribution in [0.25, 0.3) is 0 Å². The van der Waals surface area contributed by atoms with Gasteiger partial charge in [0.1, 0.15) is 5.78 Å². The Labute approximate surface area is 172 Å². The van der Waals surface area contributed by atoms with Crippen molar-refractivity contribution in [2.75, 3.05) is 0 Å². The lowest BCUT2D eigenvalue weighted by atomic mass is 9.76. The largest absolute Gasteiger partial charge is 0.298 e. The highest BCUT2D eigenvalue weighted by atomic mass is 16.1. The highest BCUT2D eigenvalue weighted by Crippen LogP contribution is 2.44. The zero-order chi connectivity index (χ0) is 21.4. The molecule has 0 saturated heterocycles. The average Bonchev–Trinajstić information content (AvgIpc) is 2.92. The van der Waals surface area contributed by atoms with E-state index in [0.717, 1.165) is 0 Å². The summed E-state index contributed by atoms with van der Waals surface area (Å²) in [6, 6.07) is 11.0. The number of Topliss-reactive ketones (excluding diaryl/α,β-unsaturated/α-hetero) is 1. The van der Waals surface area contributed by atoms with E-state index in [1.807, 2.05) is 13.8 Å². The van der Waals surface area contributed by atoms with E-state index in [4.69, 9.17) is 0 Å². The molecule has 0 aliphatic heterocycles. The van der Waals surface area contributed by atoms with Crippen LogP contribution in [0.1, 0.15) is 100 Å². The minimum atomic E-state index is -0.117. The Bertz CT molecular complexity index is 872. The van der Waals surface area contributed by atoms with E-state index in [2.05, 4.69) is 85.7 Å². The second-order valence-corrected chi connectivity index (χ2v) is 9.96. The number of aryl methyl sites for hydroxylation is 1. The Morgan fingerprint density at radius 3 is 2.00 bits per heavy atom.